The minimum absolute atomic E-state index is 1.20. The second kappa shape index (κ2) is 4.05. The molecule has 0 amide bonds. The molecule has 0 aliphatic heterocycles. The van der Waals surface area contributed by atoms with Gasteiger partial charge in [-0.1, -0.05) is 0 Å². The van der Waals surface area contributed by atoms with E-state index in [4.69, 9.17) is 0 Å². The average molecular weight is 213 g/mol. The van der Waals surface area contributed by atoms with Crippen LogP contribution in [0.3, 0.4) is 0 Å². The van der Waals surface area contributed by atoms with Crippen molar-refractivity contribution in [2.24, 2.45) is 7.05 Å². The number of nitrogens with zero attached hydrogens (tertiary/aromatic N) is 2. The van der Waals surface area contributed by atoms with Crippen molar-refractivity contribution in [3.63, 3.8) is 0 Å². The Hall–Kier alpha value is -1.70. The fraction of sp³-hybridized carbons (Fsp3) is 0.286. The number of hydrogen-bond acceptors (Lipinski definition) is 1. The fourth-order valence-electron chi connectivity index (χ4n) is 1.88. The van der Waals surface area contributed by atoms with Crippen molar-refractivity contribution in [1.82, 2.24) is 4.98 Å². The Morgan fingerprint density at radius 1 is 1.06 bits per heavy atom. The molecule has 82 valence electrons. The molecule has 2 aromatic rings. The second-order valence-corrected chi connectivity index (χ2v) is 4.33. The predicted octanol–water partition coefficient (Wildman–Crippen LogP) is 2.50. The summed E-state index contributed by atoms with van der Waals surface area (Å²) in [5.74, 6) is 0. The maximum absolute atomic E-state index is 4.20. The highest BCUT2D eigenvalue weighted by Crippen LogP contribution is 2.20. The number of hydrogen-bond donors (Lipinski definition) is 0. The summed E-state index contributed by atoms with van der Waals surface area (Å²) in [5, 5.41) is 0. The van der Waals surface area contributed by atoms with Gasteiger partial charge in [-0.15, -0.1) is 0 Å². The topological polar surface area (TPSA) is 16.8 Å². The van der Waals surface area contributed by atoms with Gasteiger partial charge in [-0.05, 0) is 38.0 Å². The first-order valence-electron chi connectivity index (χ1n) is 5.47. The molecule has 2 heteroatoms. The van der Waals surface area contributed by atoms with E-state index in [0.717, 1.165) is 0 Å². The Labute approximate surface area is 96.6 Å². The Bertz CT molecular complexity index is 530. The third-order valence-electron chi connectivity index (χ3n) is 3.06. The SMILES string of the molecule is Cc1cc(-c2cnccc2C)[n+](C)cc1C. The highest BCUT2D eigenvalue weighted by molar-refractivity contribution is 5.60. The predicted molar refractivity (Wildman–Crippen MR) is 65.1 cm³/mol. The van der Waals surface area contributed by atoms with Gasteiger partial charge in [0.25, 0.3) is 0 Å². The number of aryl methyl sites for hydroxylation is 4. The molecular weight excluding hydrogens is 196 g/mol. The molecule has 2 nitrogen and oxygen atoms in total. The van der Waals surface area contributed by atoms with Gasteiger partial charge in [0, 0.05) is 24.0 Å². The fourth-order valence-corrected chi connectivity index (χ4v) is 1.88. The molecule has 0 unspecified atom stereocenters. The number of pyridine rings is 2. The summed E-state index contributed by atoms with van der Waals surface area (Å²) >= 11 is 0. The van der Waals surface area contributed by atoms with Gasteiger partial charge in [-0.2, -0.15) is 0 Å². The molecule has 0 atom stereocenters. The monoisotopic (exact) mass is 213 g/mol. The lowest BCUT2D eigenvalue weighted by molar-refractivity contribution is -0.660. The Morgan fingerprint density at radius 3 is 2.50 bits per heavy atom. The summed E-state index contributed by atoms with van der Waals surface area (Å²) in [6, 6.07) is 4.27. The van der Waals surface area contributed by atoms with Crippen molar-refractivity contribution in [2.45, 2.75) is 20.8 Å². The van der Waals surface area contributed by atoms with Crippen LogP contribution in [-0.2, 0) is 7.05 Å². The lowest BCUT2D eigenvalue weighted by Gasteiger charge is -2.06. The summed E-state index contributed by atoms with van der Waals surface area (Å²) in [6.45, 7) is 6.39. The molecule has 0 radical (unpaired) electrons. The third-order valence-corrected chi connectivity index (χ3v) is 3.06. The highest BCUT2D eigenvalue weighted by atomic mass is 14.9. The van der Waals surface area contributed by atoms with E-state index in [9.17, 15) is 0 Å². The van der Waals surface area contributed by atoms with Crippen LogP contribution in [0.5, 0.6) is 0 Å². The van der Waals surface area contributed by atoms with Gasteiger partial charge in [0.2, 0.25) is 5.69 Å². The van der Waals surface area contributed by atoms with Gasteiger partial charge in [0.1, 0.15) is 7.05 Å². The standard InChI is InChI=1S/C14H17N2/c1-10-5-6-15-8-13(10)14-7-11(2)12(3)9-16(14)4/h5-9H,1-4H3/q+1. The zero-order chi connectivity index (χ0) is 11.7. The number of rotatable bonds is 1. The Morgan fingerprint density at radius 2 is 1.81 bits per heavy atom. The van der Waals surface area contributed by atoms with Crippen LogP contribution in [0.2, 0.25) is 0 Å². The highest BCUT2D eigenvalue weighted by Gasteiger charge is 2.13. The van der Waals surface area contributed by atoms with E-state index in [-0.39, 0.29) is 0 Å². The molecule has 2 rings (SSSR count). The van der Waals surface area contributed by atoms with Gasteiger partial charge >= 0.3 is 0 Å². The first-order chi connectivity index (χ1) is 7.59. The van der Waals surface area contributed by atoms with Gasteiger partial charge in [-0.3, -0.25) is 4.98 Å². The summed E-state index contributed by atoms with van der Waals surface area (Å²) in [4.78, 5) is 4.20. The van der Waals surface area contributed by atoms with Gasteiger partial charge < -0.3 is 0 Å². The summed E-state index contributed by atoms with van der Waals surface area (Å²) in [6.07, 6.45) is 5.93. The molecule has 2 heterocycles. The zero-order valence-electron chi connectivity index (χ0n) is 10.3. The van der Waals surface area contributed by atoms with Crippen LogP contribution in [0.4, 0.5) is 0 Å². The average Bonchev–Trinajstić information content (AvgIpc) is 2.25. The van der Waals surface area contributed by atoms with Crippen LogP contribution in [0.25, 0.3) is 11.3 Å². The maximum atomic E-state index is 4.20. The minimum atomic E-state index is 1.20. The van der Waals surface area contributed by atoms with E-state index in [0.29, 0.717) is 0 Å². The third kappa shape index (κ3) is 1.83. The van der Waals surface area contributed by atoms with Crippen LogP contribution < -0.4 is 4.57 Å². The van der Waals surface area contributed by atoms with Crippen LogP contribution in [0, 0.1) is 20.8 Å². The van der Waals surface area contributed by atoms with E-state index in [1.807, 2.05) is 18.5 Å². The first-order valence-corrected chi connectivity index (χ1v) is 5.47. The van der Waals surface area contributed by atoms with Crippen molar-refractivity contribution in [1.29, 1.82) is 0 Å². The molecule has 0 aromatic carbocycles. The number of aromatic nitrogens is 2. The zero-order valence-corrected chi connectivity index (χ0v) is 10.3. The van der Waals surface area contributed by atoms with Crippen molar-refractivity contribution in [3.05, 3.63) is 47.4 Å². The second-order valence-electron chi connectivity index (χ2n) is 4.33. The molecule has 0 bridgehead atoms. The molecule has 16 heavy (non-hydrogen) atoms. The van der Waals surface area contributed by atoms with Crippen LogP contribution in [0.15, 0.2) is 30.7 Å². The van der Waals surface area contributed by atoms with Gasteiger partial charge in [0.05, 0.1) is 5.56 Å². The maximum Gasteiger partial charge on any atom is 0.214 e. The molecule has 0 fully saturated rings. The van der Waals surface area contributed by atoms with E-state index < -0.39 is 0 Å². The smallest absolute Gasteiger partial charge is 0.214 e. The largest absolute Gasteiger partial charge is 0.264 e. The Balaban J connectivity index is 2.65. The van der Waals surface area contributed by atoms with Gasteiger partial charge in [-0.25, -0.2) is 4.57 Å². The summed E-state index contributed by atoms with van der Waals surface area (Å²) < 4.78 is 2.16. The van der Waals surface area contributed by atoms with E-state index >= 15 is 0 Å². The van der Waals surface area contributed by atoms with E-state index in [1.165, 1.54) is 27.9 Å². The lowest BCUT2D eigenvalue weighted by atomic mass is 10.0. The molecule has 0 aliphatic carbocycles. The van der Waals surface area contributed by atoms with Crippen LogP contribution >= 0.6 is 0 Å². The summed E-state index contributed by atoms with van der Waals surface area (Å²) in [5.41, 5.74) is 6.31. The van der Waals surface area contributed by atoms with E-state index in [1.54, 1.807) is 0 Å². The molecule has 0 N–H and O–H groups in total. The van der Waals surface area contributed by atoms with Gasteiger partial charge in [0.15, 0.2) is 6.20 Å². The van der Waals surface area contributed by atoms with Crippen molar-refractivity contribution in [2.75, 3.05) is 0 Å². The van der Waals surface area contributed by atoms with Crippen molar-refractivity contribution >= 4 is 0 Å². The summed E-state index contributed by atoms with van der Waals surface area (Å²) in [7, 11) is 2.08. The molecule has 0 saturated carbocycles. The first kappa shape index (κ1) is 10.8. The quantitative estimate of drug-likeness (QED) is 0.665. The molecule has 0 saturated heterocycles. The van der Waals surface area contributed by atoms with Crippen LogP contribution in [-0.4, -0.2) is 4.98 Å². The van der Waals surface area contributed by atoms with Crippen molar-refractivity contribution in [3.8, 4) is 11.3 Å². The Kier molecular flexibility index (Phi) is 2.73. The minimum Gasteiger partial charge on any atom is -0.264 e. The molecule has 0 aliphatic rings. The van der Waals surface area contributed by atoms with E-state index in [2.05, 4.69) is 49.6 Å². The molecule has 0 spiro atoms. The van der Waals surface area contributed by atoms with Crippen molar-refractivity contribution < 1.29 is 4.57 Å². The normalized spacial score (nSPS) is 10.5. The van der Waals surface area contributed by atoms with Crippen LogP contribution in [0.1, 0.15) is 16.7 Å². The molecule has 2 aromatic heterocycles. The molecular formula is C14H17N2+. The lowest BCUT2D eigenvalue weighted by Crippen LogP contribution is -2.31.